The second-order valence-corrected chi connectivity index (χ2v) is 20.5. The standard InChI is InChI=1S/C18H36OSi2/c1-17(2,3)15-13(20(7,8)9)14(21(10,11)12)16(19-15)18(4,5)6/h1-12H3. The maximum Gasteiger partial charge on any atom is 0.108 e. The first-order valence-corrected chi connectivity index (χ1v) is 15.2. The molecule has 0 aliphatic heterocycles. The molecule has 0 saturated heterocycles. The van der Waals surface area contributed by atoms with Gasteiger partial charge in [-0.1, -0.05) is 80.8 Å². The smallest absolute Gasteiger partial charge is 0.108 e. The molecular weight excluding hydrogens is 288 g/mol. The van der Waals surface area contributed by atoms with Gasteiger partial charge in [-0.2, -0.15) is 0 Å². The highest BCUT2D eigenvalue weighted by Crippen LogP contribution is 2.31. The van der Waals surface area contributed by atoms with Crippen LogP contribution in [0.5, 0.6) is 0 Å². The zero-order valence-corrected chi connectivity index (χ0v) is 18.4. The third kappa shape index (κ3) is 3.92. The Morgan fingerprint density at radius 2 is 0.810 bits per heavy atom. The Morgan fingerprint density at radius 3 is 0.952 bits per heavy atom. The average molecular weight is 325 g/mol. The zero-order valence-electron chi connectivity index (χ0n) is 16.4. The predicted molar refractivity (Wildman–Crippen MR) is 102 cm³/mol. The lowest BCUT2D eigenvalue weighted by Gasteiger charge is -2.29. The number of hydrogen-bond acceptors (Lipinski definition) is 1. The molecule has 0 amide bonds. The van der Waals surface area contributed by atoms with E-state index in [1.54, 1.807) is 10.4 Å². The molecule has 122 valence electrons. The van der Waals surface area contributed by atoms with Crippen molar-refractivity contribution in [2.45, 2.75) is 91.7 Å². The number of furan rings is 1. The largest absolute Gasteiger partial charge is 0.465 e. The van der Waals surface area contributed by atoms with Crippen molar-refractivity contribution < 1.29 is 4.42 Å². The van der Waals surface area contributed by atoms with Crippen molar-refractivity contribution in [3.05, 3.63) is 11.5 Å². The summed E-state index contributed by atoms with van der Waals surface area (Å²) in [5.74, 6) is 2.51. The minimum absolute atomic E-state index is 0.0769. The Hall–Kier alpha value is -0.286. The SMILES string of the molecule is CC(C)(C)c1oc(C(C)(C)C)c([Si](C)(C)C)c1[Si](C)(C)C. The highest BCUT2D eigenvalue weighted by molar-refractivity contribution is 6.99. The van der Waals surface area contributed by atoms with Crippen molar-refractivity contribution >= 4 is 26.5 Å². The molecule has 0 aliphatic carbocycles. The van der Waals surface area contributed by atoms with E-state index < -0.39 is 16.1 Å². The van der Waals surface area contributed by atoms with E-state index >= 15 is 0 Å². The van der Waals surface area contributed by atoms with Crippen LogP contribution in [-0.2, 0) is 10.8 Å². The van der Waals surface area contributed by atoms with Gasteiger partial charge in [-0.05, 0) is 10.4 Å². The van der Waals surface area contributed by atoms with Gasteiger partial charge in [-0.25, -0.2) is 0 Å². The quantitative estimate of drug-likeness (QED) is 0.700. The first-order valence-electron chi connectivity index (χ1n) is 8.16. The van der Waals surface area contributed by atoms with Crippen LogP contribution in [0.1, 0.15) is 53.1 Å². The second-order valence-electron chi connectivity index (χ2n) is 10.5. The summed E-state index contributed by atoms with van der Waals surface area (Å²) < 4.78 is 6.60. The average Bonchev–Trinajstić information content (AvgIpc) is 2.52. The third-order valence-electron chi connectivity index (χ3n) is 3.77. The van der Waals surface area contributed by atoms with Crippen LogP contribution in [0.4, 0.5) is 0 Å². The fourth-order valence-electron chi connectivity index (χ4n) is 2.92. The van der Waals surface area contributed by atoms with Crippen LogP contribution in [0.15, 0.2) is 4.42 Å². The fourth-order valence-corrected chi connectivity index (χ4v) is 9.11. The molecule has 0 unspecified atom stereocenters. The molecule has 0 N–H and O–H groups in total. The molecule has 3 heteroatoms. The summed E-state index contributed by atoms with van der Waals surface area (Å²) in [6, 6.07) is 0. The van der Waals surface area contributed by atoms with Crippen LogP contribution in [0.2, 0.25) is 39.3 Å². The fraction of sp³-hybridized carbons (Fsp3) is 0.778. The van der Waals surface area contributed by atoms with E-state index in [0.717, 1.165) is 0 Å². The highest BCUT2D eigenvalue weighted by Gasteiger charge is 2.41. The van der Waals surface area contributed by atoms with E-state index in [1.807, 2.05) is 0 Å². The minimum atomic E-state index is -1.46. The van der Waals surface area contributed by atoms with E-state index in [4.69, 9.17) is 4.42 Å². The summed E-state index contributed by atoms with van der Waals surface area (Å²) in [5, 5.41) is 3.22. The van der Waals surface area contributed by atoms with Crippen LogP contribution in [0.25, 0.3) is 0 Å². The Kier molecular flexibility index (Phi) is 4.58. The Bertz CT molecular complexity index is 465. The Labute approximate surface area is 134 Å². The van der Waals surface area contributed by atoms with Gasteiger partial charge in [0, 0.05) is 10.8 Å². The molecule has 0 bridgehead atoms. The van der Waals surface area contributed by atoms with Gasteiger partial charge < -0.3 is 4.42 Å². The second kappa shape index (κ2) is 5.12. The molecule has 1 aromatic rings. The molecule has 1 nitrogen and oxygen atoms in total. The molecule has 0 radical (unpaired) electrons. The number of rotatable bonds is 2. The van der Waals surface area contributed by atoms with Crippen molar-refractivity contribution in [2.75, 3.05) is 0 Å². The Morgan fingerprint density at radius 1 is 0.571 bits per heavy atom. The van der Waals surface area contributed by atoms with Gasteiger partial charge in [0.25, 0.3) is 0 Å². The molecule has 1 aromatic heterocycles. The van der Waals surface area contributed by atoms with Crippen LogP contribution in [0, 0.1) is 0 Å². The van der Waals surface area contributed by atoms with Gasteiger partial charge in [0.15, 0.2) is 0 Å². The summed E-state index contributed by atoms with van der Waals surface area (Å²) in [4.78, 5) is 0. The lowest BCUT2D eigenvalue weighted by molar-refractivity contribution is 0.347. The van der Waals surface area contributed by atoms with Crippen molar-refractivity contribution in [3.63, 3.8) is 0 Å². The lowest BCUT2D eigenvalue weighted by atomic mass is 9.92. The predicted octanol–water partition coefficient (Wildman–Crippen LogP) is 4.97. The first-order chi connectivity index (χ1) is 8.97. The van der Waals surface area contributed by atoms with Crippen LogP contribution in [0.3, 0.4) is 0 Å². The van der Waals surface area contributed by atoms with Crippen LogP contribution in [-0.4, -0.2) is 16.1 Å². The van der Waals surface area contributed by atoms with Gasteiger partial charge in [0.05, 0.1) is 16.1 Å². The zero-order chi connectivity index (χ0) is 17.0. The van der Waals surface area contributed by atoms with Crippen molar-refractivity contribution in [3.8, 4) is 0 Å². The summed E-state index contributed by atoms with van der Waals surface area (Å²) in [5.41, 5.74) is 0.154. The molecule has 21 heavy (non-hydrogen) atoms. The highest BCUT2D eigenvalue weighted by atomic mass is 28.3. The topological polar surface area (TPSA) is 13.1 Å². The van der Waals surface area contributed by atoms with Crippen LogP contribution >= 0.6 is 0 Å². The molecule has 1 heterocycles. The monoisotopic (exact) mass is 324 g/mol. The third-order valence-corrected chi connectivity index (χ3v) is 7.97. The molecular formula is C18H36OSi2. The van der Waals surface area contributed by atoms with E-state index in [0.29, 0.717) is 0 Å². The van der Waals surface area contributed by atoms with Crippen molar-refractivity contribution in [1.82, 2.24) is 0 Å². The molecule has 0 atom stereocenters. The summed E-state index contributed by atoms with van der Waals surface area (Å²) in [6.07, 6.45) is 0. The summed E-state index contributed by atoms with van der Waals surface area (Å²) >= 11 is 0. The first kappa shape index (κ1) is 18.8. The summed E-state index contributed by atoms with van der Waals surface area (Å²) in [6.45, 7) is 28.5. The molecule has 0 aliphatic rings. The molecule has 0 spiro atoms. The van der Waals surface area contributed by atoms with Gasteiger partial charge in [-0.3, -0.25) is 0 Å². The Balaban J connectivity index is 3.93. The maximum absolute atomic E-state index is 6.60. The van der Waals surface area contributed by atoms with Gasteiger partial charge in [0.1, 0.15) is 11.5 Å². The van der Waals surface area contributed by atoms with E-state index in [9.17, 15) is 0 Å². The molecule has 1 rings (SSSR count). The van der Waals surface area contributed by atoms with E-state index in [2.05, 4.69) is 80.8 Å². The minimum Gasteiger partial charge on any atom is -0.465 e. The van der Waals surface area contributed by atoms with Crippen molar-refractivity contribution in [1.29, 1.82) is 0 Å². The van der Waals surface area contributed by atoms with E-state index in [-0.39, 0.29) is 10.8 Å². The number of hydrogen-bond donors (Lipinski definition) is 0. The van der Waals surface area contributed by atoms with Gasteiger partial charge in [-0.15, -0.1) is 0 Å². The van der Waals surface area contributed by atoms with Gasteiger partial charge in [0.2, 0.25) is 0 Å². The van der Waals surface area contributed by atoms with Crippen molar-refractivity contribution in [2.24, 2.45) is 0 Å². The van der Waals surface area contributed by atoms with Crippen LogP contribution < -0.4 is 10.4 Å². The normalized spacial score (nSPS) is 14.7. The maximum atomic E-state index is 6.60. The lowest BCUT2D eigenvalue weighted by Crippen LogP contribution is -2.58. The molecule has 0 aromatic carbocycles. The molecule has 0 fully saturated rings. The van der Waals surface area contributed by atoms with Gasteiger partial charge >= 0.3 is 0 Å². The molecule has 0 saturated carbocycles. The summed E-state index contributed by atoms with van der Waals surface area (Å²) in [7, 11) is -2.92. The van der Waals surface area contributed by atoms with E-state index in [1.165, 1.54) is 11.5 Å².